The van der Waals surface area contributed by atoms with Crippen molar-refractivity contribution >= 4 is 17.7 Å². The Hall–Kier alpha value is -1.17. The number of aliphatic carboxylic acids is 1. The molecule has 0 aliphatic rings. The quantitative estimate of drug-likeness (QED) is 0.810. The molecular formula is C11H17N3O2S. The molecule has 5 nitrogen and oxygen atoms in total. The lowest BCUT2D eigenvalue weighted by atomic mass is 10.2. The summed E-state index contributed by atoms with van der Waals surface area (Å²) in [7, 11) is 0. The summed E-state index contributed by atoms with van der Waals surface area (Å²) >= 11 is 1.12. The van der Waals surface area contributed by atoms with Crippen molar-refractivity contribution in [1.82, 2.24) is 15.2 Å². The predicted octanol–water partition coefficient (Wildman–Crippen LogP) is 1.95. The molecule has 0 aliphatic carbocycles. The van der Waals surface area contributed by atoms with Crippen LogP contribution in [0.25, 0.3) is 0 Å². The second kappa shape index (κ2) is 5.44. The zero-order valence-electron chi connectivity index (χ0n) is 10.5. The molecule has 1 aromatic rings. The highest BCUT2D eigenvalue weighted by atomic mass is 32.2. The number of carbonyl (C=O) groups is 1. The van der Waals surface area contributed by atoms with E-state index in [0.717, 1.165) is 36.0 Å². The van der Waals surface area contributed by atoms with Crippen molar-refractivity contribution in [3.63, 3.8) is 0 Å². The van der Waals surface area contributed by atoms with E-state index in [9.17, 15) is 4.79 Å². The lowest BCUT2D eigenvalue weighted by Gasteiger charge is -2.17. The van der Waals surface area contributed by atoms with Crippen molar-refractivity contribution in [2.24, 2.45) is 0 Å². The number of rotatable bonds is 5. The first-order valence-corrected chi connectivity index (χ1v) is 6.37. The average molecular weight is 255 g/mol. The zero-order chi connectivity index (χ0) is 13.1. The van der Waals surface area contributed by atoms with Gasteiger partial charge in [0, 0.05) is 0 Å². The van der Waals surface area contributed by atoms with E-state index in [1.807, 2.05) is 13.8 Å². The fourth-order valence-corrected chi connectivity index (χ4v) is 2.02. The lowest BCUT2D eigenvalue weighted by Crippen LogP contribution is -2.27. The van der Waals surface area contributed by atoms with Crippen LogP contribution in [-0.2, 0) is 17.6 Å². The van der Waals surface area contributed by atoms with Crippen LogP contribution < -0.4 is 0 Å². The summed E-state index contributed by atoms with van der Waals surface area (Å²) < 4.78 is -0.944. The lowest BCUT2D eigenvalue weighted by molar-refractivity contribution is -0.138. The van der Waals surface area contributed by atoms with Crippen molar-refractivity contribution in [3.05, 3.63) is 11.4 Å². The van der Waals surface area contributed by atoms with Gasteiger partial charge in [-0.05, 0) is 26.7 Å². The first kappa shape index (κ1) is 13.9. The summed E-state index contributed by atoms with van der Waals surface area (Å²) in [5, 5.41) is 17.5. The van der Waals surface area contributed by atoms with Gasteiger partial charge in [-0.3, -0.25) is 4.79 Å². The molecule has 0 fully saturated rings. The van der Waals surface area contributed by atoms with Crippen LogP contribution in [-0.4, -0.2) is 31.0 Å². The highest BCUT2D eigenvalue weighted by molar-refractivity contribution is 8.01. The van der Waals surface area contributed by atoms with Gasteiger partial charge in [-0.2, -0.15) is 5.10 Å². The van der Waals surface area contributed by atoms with Crippen molar-refractivity contribution in [3.8, 4) is 0 Å². The summed E-state index contributed by atoms with van der Waals surface area (Å²) in [6.07, 6.45) is 1.57. The topological polar surface area (TPSA) is 76.0 Å². The Morgan fingerprint density at radius 1 is 1.24 bits per heavy atom. The molecule has 1 rings (SSSR count). The zero-order valence-corrected chi connectivity index (χ0v) is 11.3. The van der Waals surface area contributed by atoms with Gasteiger partial charge in [0.05, 0.1) is 11.4 Å². The third-order valence-corrected chi connectivity index (χ3v) is 3.39. The molecule has 0 spiro atoms. The molecule has 0 unspecified atom stereocenters. The molecule has 1 N–H and O–H groups in total. The highest BCUT2D eigenvalue weighted by Crippen LogP contribution is 2.30. The molecular weight excluding hydrogens is 238 g/mol. The number of aromatic nitrogens is 3. The third kappa shape index (κ3) is 3.39. The van der Waals surface area contributed by atoms with Gasteiger partial charge in [-0.25, -0.2) is 4.98 Å². The average Bonchev–Trinajstić information content (AvgIpc) is 2.28. The molecule has 0 aliphatic heterocycles. The highest BCUT2D eigenvalue weighted by Gasteiger charge is 2.30. The van der Waals surface area contributed by atoms with Gasteiger partial charge in [0.25, 0.3) is 0 Å². The monoisotopic (exact) mass is 255 g/mol. The number of hydrogen-bond donors (Lipinski definition) is 1. The second-order valence-electron chi connectivity index (χ2n) is 4.11. The summed E-state index contributed by atoms with van der Waals surface area (Å²) in [5.41, 5.74) is 1.77. The summed E-state index contributed by atoms with van der Waals surface area (Å²) in [6.45, 7) is 7.25. The standard InChI is InChI=1S/C11H17N3O2S/c1-5-7-8(6-2)13-14-10(12-7)17-11(3,4)9(15)16/h5-6H2,1-4H3,(H,15,16). The Morgan fingerprint density at radius 2 is 1.82 bits per heavy atom. The largest absolute Gasteiger partial charge is 0.480 e. The van der Waals surface area contributed by atoms with Crippen molar-refractivity contribution in [1.29, 1.82) is 0 Å². The van der Waals surface area contributed by atoms with Gasteiger partial charge < -0.3 is 5.11 Å². The van der Waals surface area contributed by atoms with Crippen molar-refractivity contribution < 1.29 is 9.90 Å². The van der Waals surface area contributed by atoms with Crippen molar-refractivity contribution in [2.75, 3.05) is 0 Å². The molecule has 94 valence electrons. The molecule has 0 bridgehead atoms. The first-order chi connectivity index (χ1) is 7.90. The number of hydrogen-bond acceptors (Lipinski definition) is 5. The van der Waals surface area contributed by atoms with Gasteiger partial charge in [-0.1, -0.05) is 25.6 Å². The Balaban J connectivity index is 2.97. The molecule has 0 amide bonds. The van der Waals surface area contributed by atoms with Crippen LogP contribution in [0.3, 0.4) is 0 Å². The summed E-state index contributed by atoms with van der Waals surface area (Å²) in [6, 6.07) is 0. The van der Waals surface area contributed by atoms with E-state index in [-0.39, 0.29) is 0 Å². The van der Waals surface area contributed by atoms with Gasteiger partial charge in [-0.15, -0.1) is 5.10 Å². The van der Waals surface area contributed by atoms with E-state index >= 15 is 0 Å². The molecule has 1 aromatic heterocycles. The minimum Gasteiger partial charge on any atom is -0.480 e. The molecule has 1 heterocycles. The summed E-state index contributed by atoms with van der Waals surface area (Å²) in [4.78, 5) is 15.4. The Bertz CT molecular complexity index is 421. The van der Waals surface area contributed by atoms with E-state index in [4.69, 9.17) is 5.11 Å². The molecule has 0 saturated heterocycles. The maximum Gasteiger partial charge on any atom is 0.319 e. The Kier molecular flexibility index (Phi) is 4.45. The minimum absolute atomic E-state index is 0.423. The van der Waals surface area contributed by atoms with Gasteiger partial charge >= 0.3 is 5.97 Å². The number of carboxylic acids is 1. The molecule has 0 saturated carbocycles. The van der Waals surface area contributed by atoms with Crippen LogP contribution in [0.5, 0.6) is 0 Å². The van der Waals surface area contributed by atoms with Gasteiger partial charge in [0.1, 0.15) is 4.75 Å². The van der Waals surface area contributed by atoms with Crippen LogP contribution in [0.15, 0.2) is 5.16 Å². The predicted molar refractivity (Wildman–Crippen MR) is 66.2 cm³/mol. The van der Waals surface area contributed by atoms with E-state index < -0.39 is 10.7 Å². The number of aryl methyl sites for hydroxylation is 2. The molecule has 0 atom stereocenters. The number of nitrogens with zero attached hydrogens (tertiary/aromatic N) is 3. The van der Waals surface area contributed by atoms with E-state index in [1.165, 1.54) is 0 Å². The van der Waals surface area contributed by atoms with Crippen LogP contribution >= 0.6 is 11.8 Å². The van der Waals surface area contributed by atoms with Crippen LogP contribution in [0, 0.1) is 0 Å². The second-order valence-corrected chi connectivity index (χ2v) is 5.70. The fraction of sp³-hybridized carbons (Fsp3) is 0.636. The van der Waals surface area contributed by atoms with Crippen LogP contribution in [0.1, 0.15) is 39.1 Å². The minimum atomic E-state index is -0.944. The Labute approximate surface area is 105 Å². The van der Waals surface area contributed by atoms with Crippen LogP contribution in [0.2, 0.25) is 0 Å². The third-order valence-electron chi connectivity index (χ3n) is 2.35. The SMILES string of the molecule is CCc1nnc(SC(C)(C)C(=O)O)nc1CC. The maximum atomic E-state index is 11.0. The first-order valence-electron chi connectivity index (χ1n) is 5.55. The van der Waals surface area contributed by atoms with Crippen molar-refractivity contribution in [2.45, 2.75) is 50.4 Å². The van der Waals surface area contributed by atoms with E-state index in [1.54, 1.807) is 13.8 Å². The normalized spacial score (nSPS) is 11.5. The van der Waals surface area contributed by atoms with Gasteiger partial charge in [0.2, 0.25) is 5.16 Å². The molecule has 17 heavy (non-hydrogen) atoms. The van der Waals surface area contributed by atoms with Gasteiger partial charge in [0.15, 0.2) is 0 Å². The molecule has 0 aromatic carbocycles. The molecule has 0 radical (unpaired) electrons. The smallest absolute Gasteiger partial charge is 0.319 e. The van der Waals surface area contributed by atoms with E-state index in [0.29, 0.717) is 5.16 Å². The molecule has 6 heteroatoms. The van der Waals surface area contributed by atoms with E-state index in [2.05, 4.69) is 15.2 Å². The Morgan fingerprint density at radius 3 is 2.29 bits per heavy atom. The maximum absolute atomic E-state index is 11.0. The van der Waals surface area contributed by atoms with Crippen LogP contribution in [0.4, 0.5) is 0 Å². The number of thioether (sulfide) groups is 1. The fourth-order valence-electron chi connectivity index (χ4n) is 1.24. The summed E-state index contributed by atoms with van der Waals surface area (Å²) in [5.74, 6) is -0.885. The number of carboxylic acid groups (broad SMARTS) is 1.